The van der Waals surface area contributed by atoms with Gasteiger partial charge in [-0.1, -0.05) is 0 Å². The van der Waals surface area contributed by atoms with E-state index in [1.54, 1.807) is 0 Å². The summed E-state index contributed by atoms with van der Waals surface area (Å²) in [5.74, 6) is 2.27. The first-order chi connectivity index (χ1) is 6.33. The number of hydrogen-bond donors (Lipinski definition) is 0. The average Bonchev–Trinajstić information content (AvgIpc) is 2.17. The molecule has 0 atom stereocenters. The molecule has 0 saturated heterocycles. The normalized spacial score (nSPS) is 10.6. The molecule has 0 aliphatic rings. The number of fused-ring (bicyclic) bond motifs is 1. The van der Waals surface area contributed by atoms with Gasteiger partial charge in [0.05, 0.1) is 0 Å². The average molecular weight is 347 g/mol. The first-order valence-electron chi connectivity index (χ1n) is 4.04. The van der Waals surface area contributed by atoms with Crippen LogP contribution in [0.4, 0.5) is 0 Å². The molecule has 2 heteroatoms. The molecule has 0 radical (unpaired) electrons. The second-order valence-electron chi connectivity index (χ2n) is 2.80. The predicted molar refractivity (Wildman–Crippen MR) is 67.9 cm³/mol. The van der Waals surface area contributed by atoms with E-state index in [9.17, 15) is 0 Å². The Bertz CT molecular complexity index is 432. The zero-order valence-electron chi connectivity index (χ0n) is 7.25. The van der Waals surface area contributed by atoms with Crippen LogP contribution in [0.2, 0.25) is 5.82 Å². The van der Waals surface area contributed by atoms with Crippen LogP contribution < -0.4 is 4.46 Å². The van der Waals surface area contributed by atoms with Gasteiger partial charge < -0.3 is 0 Å². The van der Waals surface area contributed by atoms with Crippen LogP contribution >= 0.6 is 22.6 Å². The zero-order chi connectivity index (χ0) is 9.26. The van der Waals surface area contributed by atoms with Crippen molar-refractivity contribution in [3.8, 4) is 0 Å². The van der Waals surface area contributed by atoms with Crippen LogP contribution in [0.3, 0.4) is 0 Å². The fourth-order valence-electron chi connectivity index (χ4n) is 1.43. The third kappa shape index (κ3) is 1.76. The standard InChI is InChI=1S/C11H9ISe/c1-13-10-7-3-5-8-4-2-6-9(12)11(8)10/h2-7H,1H3. The maximum absolute atomic E-state index is 2.42. The van der Waals surface area contributed by atoms with E-state index in [2.05, 4.69) is 64.8 Å². The Kier molecular flexibility index (Phi) is 2.92. The second-order valence-corrected chi connectivity index (χ2v) is 5.74. The van der Waals surface area contributed by atoms with Crippen LogP contribution in [0.25, 0.3) is 10.8 Å². The number of halogens is 1. The van der Waals surface area contributed by atoms with Gasteiger partial charge in [0.1, 0.15) is 0 Å². The SMILES string of the molecule is C[Se]c1cccc2cccc(I)c12. The van der Waals surface area contributed by atoms with E-state index in [0.29, 0.717) is 15.0 Å². The van der Waals surface area contributed by atoms with Crippen LogP contribution in [0, 0.1) is 3.57 Å². The van der Waals surface area contributed by atoms with Crippen molar-refractivity contribution in [2.24, 2.45) is 0 Å². The molecular formula is C11H9ISe. The van der Waals surface area contributed by atoms with E-state index >= 15 is 0 Å². The van der Waals surface area contributed by atoms with E-state index < -0.39 is 0 Å². The first kappa shape index (κ1) is 9.50. The molecule has 0 heterocycles. The van der Waals surface area contributed by atoms with Gasteiger partial charge in [0.25, 0.3) is 0 Å². The molecule has 0 N–H and O–H groups in total. The molecule has 0 aliphatic carbocycles. The number of rotatable bonds is 1. The maximum atomic E-state index is 2.42. The molecule has 2 rings (SSSR count). The summed E-state index contributed by atoms with van der Waals surface area (Å²) >= 11 is 3.00. The summed E-state index contributed by atoms with van der Waals surface area (Å²) in [5.41, 5.74) is 0. The van der Waals surface area contributed by atoms with Crippen molar-refractivity contribution in [1.82, 2.24) is 0 Å². The summed E-state index contributed by atoms with van der Waals surface area (Å²) in [4.78, 5) is 0. The molecule has 0 aromatic heterocycles. The molecule has 0 amide bonds. The summed E-state index contributed by atoms with van der Waals surface area (Å²) < 4.78 is 2.88. The van der Waals surface area contributed by atoms with Gasteiger partial charge in [-0.3, -0.25) is 0 Å². The van der Waals surface area contributed by atoms with E-state index in [0.717, 1.165) is 0 Å². The van der Waals surface area contributed by atoms with E-state index in [-0.39, 0.29) is 0 Å². The van der Waals surface area contributed by atoms with Crippen LogP contribution in [-0.2, 0) is 0 Å². The molecular weight excluding hydrogens is 338 g/mol. The van der Waals surface area contributed by atoms with Gasteiger partial charge in [0.2, 0.25) is 0 Å². The van der Waals surface area contributed by atoms with Gasteiger partial charge in [-0.2, -0.15) is 0 Å². The molecule has 0 fully saturated rings. The van der Waals surface area contributed by atoms with Crippen molar-refractivity contribution < 1.29 is 0 Å². The molecule has 2 aromatic carbocycles. The van der Waals surface area contributed by atoms with E-state index in [1.165, 1.54) is 18.8 Å². The van der Waals surface area contributed by atoms with Crippen molar-refractivity contribution in [2.45, 2.75) is 5.82 Å². The predicted octanol–water partition coefficient (Wildman–Crippen LogP) is 2.82. The molecule has 0 saturated carbocycles. The third-order valence-corrected chi connectivity index (χ3v) is 4.57. The molecule has 66 valence electrons. The van der Waals surface area contributed by atoms with Gasteiger partial charge in [0.15, 0.2) is 0 Å². The van der Waals surface area contributed by atoms with Crippen molar-refractivity contribution >= 4 is 52.8 Å². The fraction of sp³-hybridized carbons (Fsp3) is 0.0909. The first-order valence-corrected chi connectivity index (χ1v) is 7.69. The van der Waals surface area contributed by atoms with Crippen molar-refractivity contribution in [3.05, 3.63) is 40.0 Å². The monoisotopic (exact) mass is 348 g/mol. The quantitative estimate of drug-likeness (QED) is 0.550. The summed E-state index contributed by atoms with van der Waals surface area (Å²) in [6.45, 7) is 0. The van der Waals surface area contributed by atoms with Gasteiger partial charge >= 0.3 is 98.6 Å². The molecule has 2 aromatic rings. The number of hydrogen-bond acceptors (Lipinski definition) is 0. The van der Waals surface area contributed by atoms with E-state index in [4.69, 9.17) is 0 Å². The Balaban J connectivity index is 2.87. The van der Waals surface area contributed by atoms with Gasteiger partial charge in [-0.05, 0) is 0 Å². The Morgan fingerprint density at radius 2 is 1.77 bits per heavy atom. The number of benzene rings is 2. The second kappa shape index (κ2) is 3.99. The van der Waals surface area contributed by atoms with Crippen LogP contribution in [0.15, 0.2) is 36.4 Å². The zero-order valence-corrected chi connectivity index (χ0v) is 11.1. The van der Waals surface area contributed by atoms with Crippen LogP contribution in [-0.4, -0.2) is 15.0 Å². The molecule has 0 nitrogen and oxygen atoms in total. The van der Waals surface area contributed by atoms with Gasteiger partial charge in [0, 0.05) is 0 Å². The Hall–Kier alpha value is -0.0505. The van der Waals surface area contributed by atoms with Gasteiger partial charge in [-0.25, -0.2) is 0 Å². The third-order valence-electron chi connectivity index (χ3n) is 2.04. The molecule has 0 spiro atoms. The summed E-state index contributed by atoms with van der Waals surface area (Å²) in [6, 6.07) is 13.1. The summed E-state index contributed by atoms with van der Waals surface area (Å²) in [6.07, 6.45) is 0. The minimum absolute atomic E-state index is 0.584. The fourth-order valence-corrected chi connectivity index (χ4v) is 4.01. The Morgan fingerprint density at radius 3 is 2.46 bits per heavy atom. The van der Waals surface area contributed by atoms with Crippen LogP contribution in [0.5, 0.6) is 0 Å². The van der Waals surface area contributed by atoms with Crippen molar-refractivity contribution in [3.63, 3.8) is 0 Å². The summed E-state index contributed by atoms with van der Waals surface area (Å²) in [5, 5.41) is 2.82. The Morgan fingerprint density at radius 1 is 1.08 bits per heavy atom. The molecule has 0 aliphatic heterocycles. The van der Waals surface area contributed by atoms with E-state index in [1.807, 2.05) is 0 Å². The topological polar surface area (TPSA) is 0 Å². The van der Waals surface area contributed by atoms with Crippen molar-refractivity contribution in [2.75, 3.05) is 0 Å². The van der Waals surface area contributed by atoms with Crippen LogP contribution in [0.1, 0.15) is 0 Å². The molecule has 13 heavy (non-hydrogen) atoms. The minimum atomic E-state index is 0.584. The molecule has 0 bridgehead atoms. The summed E-state index contributed by atoms with van der Waals surface area (Å²) in [7, 11) is 0. The Labute approximate surface area is 98.0 Å². The van der Waals surface area contributed by atoms with Crippen molar-refractivity contribution in [1.29, 1.82) is 0 Å². The van der Waals surface area contributed by atoms with Gasteiger partial charge in [-0.15, -0.1) is 0 Å². The molecule has 0 unspecified atom stereocenters.